The van der Waals surface area contributed by atoms with Gasteiger partial charge in [0.25, 0.3) is 5.91 Å². The van der Waals surface area contributed by atoms with E-state index in [2.05, 4.69) is 10.0 Å². The van der Waals surface area contributed by atoms with E-state index in [0.717, 1.165) is 5.56 Å². The van der Waals surface area contributed by atoms with Gasteiger partial charge in [0.1, 0.15) is 0 Å². The van der Waals surface area contributed by atoms with Crippen molar-refractivity contribution in [3.63, 3.8) is 0 Å². The van der Waals surface area contributed by atoms with Crippen LogP contribution in [0.2, 0.25) is 5.02 Å². The van der Waals surface area contributed by atoms with E-state index in [9.17, 15) is 13.2 Å². The van der Waals surface area contributed by atoms with Crippen molar-refractivity contribution in [3.8, 4) is 0 Å². The fraction of sp³-hybridized carbons (Fsp3) is 0.235. The largest absolute Gasteiger partial charge is 0.350 e. The van der Waals surface area contributed by atoms with Crippen molar-refractivity contribution >= 4 is 27.5 Å². The highest BCUT2D eigenvalue weighted by Gasteiger charge is 2.16. The molecule has 0 atom stereocenters. The second kappa shape index (κ2) is 7.79. The molecule has 0 aliphatic rings. The number of hydrogen-bond donors (Lipinski definition) is 2. The van der Waals surface area contributed by atoms with Crippen molar-refractivity contribution in [2.75, 3.05) is 0 Å². The molecule has 7 heteroatoms. The Bertz CT molecular complexity index is 818. The van der Waals surface area contributed by atoms with Crippen LogP contribution >= 0.6 is 11.6 Å². The summed E-state index contributed by atoms with van der Waals surface area (Å²) in [6.07, 6.45) is 0. The Balaban J connectivity index is 2.14. The van der Waals surface area contributed by atoms with E-state index in [1.165, 1.54) is 12.1 Å². The smallest absolute Gasteiger partial charge is 0.251 e. The van der Waals surface area contributed by atoms with E-state index in [4.69, 9.17) is 11.6 Å². The molecule has 0 fully saturated rings. The molecule has 0 aromatic heterocycles. The van der Waals surface area contributed by atoms with Crippen molar-refractivity contribution in [2.45, 2.75) is 31.3 Å². The van der Waals surface area contributed by atoms with Crippen molar-refractivity contribution < 1.29 is 13.2 Å². The van der Waals surface area contributed by atoms with Gasteiger partial charge in [-0.1, -0.05) is 29.8 Å². The lowest BCUT2D eigenvalue weighted by atomic mass is 10.2. The van der Waals surface area contributed by atoms with Gasteiger partial charge in [-0.25, -0.2) is 13.1 Å². The Morgan fingerprint density at radius 2 is 1.79 bits per heavy atom. The lowest BCUT2D eigenvalue weighted by Gasteiger charge is -2.10. The summed E-state index contributed by atoms with van der Waals surface area (Å²) < 4.78 is 27.3. The Morgan fingerprint density at radius 1 is 1.12 bits per heavy atom. The van der Waals surface area contributed by atoms with Gasteiger partial charge in [-0.05, 0) is 49.7 Å². The summed E-state index contributed by atoms with van der Waals surface area (Å²) in [5.74, 6) is -0.306. The molecule has 128 valence electrons. The Hall–Kier alpha value is -1.89. The number of hydrogen-bond acceptors (Lipinski definition) is 3. The van der Waals surface area contributed by atoms with Gasteiger partial charge >= 0.3 is 0 Å². The molecule has 0 saturated heterocycles. The Kier molecular flexibility index (Phi) is 5.99. The van der Waals surface area contributed by atoms with Gasteiger partial charge in [0, 0.05) is 23.2 Å². The summed E-state index contributed by atoms with van der Waals surface area (Å²) in [4.78, 5) is 12.1. The van der Waals surface area contributed by atoms with Crippen LogP contribution in [0.1, 0.15) is 29.8 Å². The molecule has 0 radical (unpaired) electrons. The fourth-order valence-electron chi connectivity index (χ4n) is 2.01. The molecule has 0 heterocycles. The highest BCUT2D eigenvalue weighted by molar-refractivity contribution is 7.89. The van der Waals surface area contributed by atoms with Crippen molar-refractivity contribution in [1.29, 1.82) is 0 Å². The predicted molar refractivity (Wildman–Crippen MR) is 94.5 cm³/mol. The number of rotatable bonds is 6. The molecule has 0 spiro atoms. The third-order valence-electron chi connectivity index (χ3n) is 3.21. The number of benzene rings is 2. The van der Waals surface area contributed by atoms with Crippen LogP contribution in [-0.2, 0) is 16.6 Å². The van der Waals surface area contributed by atoms with Gasteiger partial charge < -0.3 is 5.32 Å². The number of halogens is 1. The second-order valence-corrected chi connectivity index (χ2v) is 7.81. The van der Waals surface area contributed by atoms with Crippen molar-refractivity contribution in [2.24, 2.45) is 0 Å². The van der Waals surface area contributed by atoms with E-state index in [1.807, 2.05) is 13.8 Å². The van der Waals surface area contributed by atoms with Crippen LogP contribution in [0.4, 0.5) is 0 Å². The van der Waals surface area contributed by atoms with Crippen LogP contribution in [0, 0.1) is 0 Å². The number of carbonyl (C=O) groups excluding carboxylic acids is 1. The van der Waals surface area contributed by atoms with E-state index >= 15 is 0 Å². The van der Waals surface area contributed by atoms with Crippen LogP contribution in [0.15, 0.2) is 53.4 Å². The molecule has 0 unspecified atom stereocenters. The lowest BCUT2D eigenvalue weighted by molar-refractivity contribution is 0.0943. The summed E-state index contributed by atoms with van der Waals surface area (Å²) in [5, 5.41) is 3.32. The first-order chi connectivity index (χ1) is 11.3. The van der Waals surface area contributed by atoms with Crippen LogP contribution in [0.25, 0.3) is 0 Å². The summed E-state index contributed by atoms with van der Waals surface area (Å²) in [6, 6.07) is 12.8. The second-order valence-electron chi connectivity index (χ2n) is 5.61. The third-order valence-corrected chi connectivity index (χ3v) is 4.86. The molecule has 2 N–H and O–H groups in total. The first-order valence-corrected chi connectivity index (χ1v) is 9.29. The number of carbonyl (C=O) groups is 1. The standard InChI is InChI=1S/C17H19ClN2O3S/c1-12(2)20-17(21)14-4-3-5-16(10-14)24(22,23)19-11-13-6-8-15(18)9-7-13/h3-10,12,19H,11H2,1-2H3,(H,20,21). The molecular formula is C17H19ClN2O3S. The predicted octanol–water partition coefficient (Wildman–Crippen LogP) is 2.96. The molecule has 5 nitrogen and oxygen atoms in total. The number of sulfonamides is 1. The average Bonchev–Trinajstić information content (AvgIpc) is 2.54. The minimum absolute atomic E-state index is 0.0270. The number of nitrogens with one attached hydrogen (secondary N) is 2. The van der Waals surface area contributed by atoms with Gasteiger partial charge in [-0.3, -0.25) is 4.79 Å². The van der Waals surface area contributed by atoms with Gasteiger partial charge in [0.05, 0.1) is 4.90 Å². The maximum atomic E-state index is 12.4. The highest BCUT2D eigenvalue weighted by atomic mass is 35.5. The Morgan fingerprint density at radius 3 is 2.42 bits per heavy atom. The van der Waals surface area contributed by atoms with Crippen molar-refractivity contribution in [1.82, 2.24) is 10.0 Å². The first kappa shape index (κ1) is 18.4. The summed E-state index contributed by atoms with van der Waals surface area (Å²) in [6.45, 7) is 3.82. The molecule has 0 saturated carbocycles. The topological polar surface area (TPSA) is 75.3 Å². The number of amides is 1. The van der Waals surface area contributed by atoms with E-state index in [1.54, 1.807) is 36.4 Å². The molecule has 0 aliphatic heterocycles. The monoisotopic (exact) mass is 366 g/mol. The summed E-state index contributed by atoms with van der Waals surface area (Å²) in [7, 11) is -3.72. The zero-order valence-corrected chi connectivity index (χ0v) is 15.0. The molecule has 2 aromatic rings. The Labute approximate surface area is 147 Å². The minimum atomic E-state index is -3.72. The molecule has 1 amide bonds. The maximum Gasteiger partial charge on any atom is 0.251 e. The van der Waals surface area contributed by atoms with Gasteiger partial charge in [0.2, 0.25) is 10.0 Å². The molecule has 24 heavy (non-hydrogen) atoms. The lowest BCUT2D eigenvalue weighted by Crippen LogP contribution is -2.30. The van der Waals surface area contributed by atoms with E-state index in [-0.39, 0.29) is 23.4 Å². The van der Waals surface area contributed by atoms with Crippen LogP contribution in [-0.4, -0.2) is 20.4 Å². The quantitative estimate of drug-likeness (QED) is 0.825. The van der Waals surface area contributed by atoms with Gasteiger partial charge in [-0.2, -0.15) is 0 Å². The van der Waals surface area contributed by atoms with E-state index < -0.39 is 10.0 Å². The fourth-order valence-corrected chi connectivity index (χ4v) is 3.20. The van der Waals surface area contributed by atoms with Crippen LogP contribution in [0.5, 0.6) is 0 Å². The molecule has 0 bridgehead atoms. The average molecular weight is 367 g/mol. The molecule has 2 rings (SSSR count). The van der Waals surface area contributed by atoms with E-state index in [0.29, 0.717) is 10.6 Å². The first-order valence-electron chi connectivity index (χ1n) is 7.43. The van der Waals surface area contributed by atoms with Gasteiger partial charge in [0.15, 0.2) is 0 Å². The van der Waals surface area contributed by atoms with Crippen molar-refractivity contribution in [3.05, 3.63) is 64.7 Å². The highest BCUT2D eigenvalue weighted by Crippen LogP contribution is 2.14. The zero-order valence-electron chi connectivity index (χ0n) is 13.4. The van der Waals surface area contributed by atoms with Gasteiger partial charge in [-0.15, -0.1) is 0 Å². The van der Waals surface area contributed by atoms with Crippen LogP contribution in [0.3, 0.4) is 0 Å². The third kappa shape index (κ3) is 5.06. The molecular weight excluding hydrogens is 348 g/mol. The zero-order chi connectivity index (χ0) is 17.7. The summed E-state index contributed by atoms with van der Waals surface area (Å²) in [5.41, 5.74) is 1.09. The normalized spacial score (nSPS) is 11.5. The molecule has 2 aromatic carbocycles. The minimum Gasteiger partial charge on any atom is -0.350 e. The SMILES string of the molecule is CC(C)NC(=O)c1cccc(S(=O)(=O)NCc2ccc(Cl)cc2)c1. The maximum absolute atomic E-state index is 12.4. The van der Waals surface area contributed by atoms with Crippen LogP contribution < -0.4 is 10.0 Å². The molecule has 0 aliphatic carbocycles. The summed E-state index contributed by atoms with van der Waals surface area (Å²) >= 11 is 5.80.